The maximum atomic E-state index is 12.7. The fraction of sp³-hybridized carbons (Fsp3) is 0.977. The van der Waals surface area contributed by atoms with E-state index in [1.54, 1.807) is 0 Å². The Kier molecular flexibility index (Phi) is 36.7. The summed E-state index contributed by atoms with van der Waals surface area (Å²) in [7, 11) is 1.37. The maximum absolute atomic E-state index is 12.7. The van der Waals surface area contributed by atoms with Gasteiger partial charge in [0.2, 0.25) is 0 Å². The fourth-order valence-corrected chi connectivity index (χ4v) is 7.35. The van der Waals surface area contributed by atoms with Crippen molar-refractivity contribution in [3.8, 4) is 0 Å². The highest BCUT2D eigenvalue weighted by molar-refractivity contribution is 7.45. The molecule has 0 aromatic heterocycles. The van der Waals surface area contributed by atoms with Gasteiger partial charge in [0.25, 0.3) is 7.82 Å². The van der Waals surface area contributed by atoms with Gasteiger partial charge in [0.1, 0.15) is 19.3 Å². The molecule has 9 heteroatoms. The van der Waals surface area contributed by atoms with Gasteiger partial charge in [0.05, 0.1) is 34.4 Å². The topological polar surface area (TPSA) is 94.1 Å². The number of quaternary nitrogens is 1. The second kappa shape index (κ2) is 37.1. The molecule has 2 unspecified atom stereocenters. The zero-order chi connectivity index (χ0) is 39.3. The van der Waals surface area contributed by atoms with Crippen molar-refractivity contribution in [3.63, 3.8) is 0 Å². The Labute approximate surface area is 329 Å². The molecular formula is C44H90NO7P. The first kappa shape index (κ1) is 52.5. The minimum absolute atomic E-state index is 0.0293. The van der Waals surface area contributed by atoms with Gasteiger partial charge in [-0.2, -0.15) is 0 Å². The Balaban J connectivity index is 4.29. The van der Waals surface area contributed by atoms with Crippen molar-refractivity contribution in [1.82, 2.24) is 0 Å². The molecule has 0 spiro atoms. The number of hydrogen-bond donors (Lipinski definition) is 0. The molecule has 0 saturated carbocycles. The van der Waals surface area contributed by atoms with Crippen molar-refractivity contribution in [2.75, 3.05) is 54.1 Å². The summed E-state index contributed by atoms with van der Waals surface area (Å²) >= 11 is 0. The van der Waals surface area contributed by atoms with E-state index >= 15 is 0 Å². The van der Waals surface area contributed by atoms with E-state index in [4.69, 9.17) is 18.5 Å². The minimum Gasteiger partial charge on any atom is -0.756 e. The minimum atomic E-state index is -4.52. The molecule has 0 rings (SSSR count). The van der Waals surface area contributed by atoms with Crippen LogP contribution in [0.2, 0.25) is 0 Å². The van der Waals surface area contributed by atoms with Crippen LogP contribution >= 0.6 is 7.82 Å². The van der Waals surface area contributed by atoms with Crippen molar-refractivity contribution in [3.05, 3.63) is 0 Å². The Hall–Kier alpha value is -0.500. The molecule has 0 saturated heterocycles. The SMILES string of the molecule is CCCCCCCCCCCCCCCCCC(=O)O[C@H](COCCC(C)CCCCCCCCCCCCCC)COP(=O)([O-])OCC[N+](C)(C)C. The highest BCUT2D eigenvalue weighted by Crippen LogP contribution is 2.38. The number of carbonyl (C=O) groups excluding carboxylic acids is 1. The Morgan fingerprint density at radius 1 is 0.566 bits per heavy atom. The summed E-state index contributed by atoms with van der Waals surface area (Å²) in [6.07, 6.45) is 36.9. The summed E-state index contributed by atoms with van der Waals surface area (Å²) in [4.78, 5) is 25.1. The second-order valence-electron chi connectivity index (χ2n) is 17.0. The quantitative estimate of drug-likeness (QED) is 0.0264. The van der Waals surface area contributed by atoms with Crippen molar-refractivity contribution in [2.45, 2.75) is 219 Å². The summed E-state index contributed by atoms with van der Waals surface area (Å²) in [6.45, 7) is 7.71. The number of hydrogen-bond acceptors (Lipinski definition) is 7. The predicted octanol–water partition coefficient (Wildman–Crippen LogP) is 12.5. The van der Waals surface area contributed by atoms with Crippen LogP contribution in [0.25, 0.3) is 0 Å². The van der Waals surface area contributed by atoms with E-state index in [9.17, 15) is 14.3 Å². The van der Waals surface area contributed by atoms with Crippen LogP contribution in [0, 0.1) is 5.92 Å². The molecule has 0 aromatic rings. The lowest BCUT2D eigenvalue weighted by atomic mass is 9.99. The molecule has 0 heterocycles. The highest BCUT2D eigenvalue weighted by atomic mass is 31.2. The first-order chi connectivity index (χ1) is 25.5. The van der Waals surface area contributed by atoms with E-state index in [0.717, 1.165) is 25.7 Å². The third kappa shape index (κ3) is 41.0. The van der Waals surface area contributed by atoms with Crippen molar-refractivity contribution in [1.29, 1.82) is 0 Å². The number of phosphoric acid groups is 1. The summed E-state index contributed by atoms with van der Waals surface area (Å²) in [5, 5.41) is 0. The van der Waals surface area contributed by atoms with Crippen LogP contribution in [0.5, 0.6) is 0 Å². The van der Waals surface area contributed by atoms with E-state index in [0.29, 0.717) is 30.0 Å². The second-order valence-corrected chi connectivity index (χ2v) is 18.5. The largest absolute Gasteiger partial charge is 0.756 e. The Morgan fingerprint density at radius 3 is 1.42 bits per heavy atom. The number of rotatable bonds is 42. The Bertz CT molecular complexity index is 837. The van der Waals surface area contributed by atoms with Crippen LogP contribution in [0.4, 0.5) is 0 Å². The molecule has 0 amide bonds. The lowest BCUT2D eigenvalue weighted by Gasteiger charge is -2.28. The van der Waals surface area contributed by atoms with Gasteiger partial charge in [-0.05, 0) is 18.8 Å². The molecule has 0 fully saturated rings. The molecule has 3 atom stereocenters. The third-order valence-electron chi connectivity index (χ3n) is 10.3. The maximum Gasteiger partial charge on any atom is 0.306 e. The fourth-order valence-electron chi connectivity index (χ4n) is 6.62. The third-order valence-corrected chi connectivity index (χ3v) is 11.3. The van der Waals surface area contributed by atoms with E-state index in [2.05, 4.69) is 20.8 Å². The van der Waals surface area contributed by atoms with E-state index in [-0.39, 0.29) is 25.8 Å². The van der Waals surface area contributed by atoms with Crippen LogP contribution in [-0.4, -0.2) is 70.7 Å². The predicted molar refractivity (Wildman–Crippen MR) is 222 cm³/mol. The summed E-state index contributed by atoms with van der Waals surface area (Å²) in [6, 6.07) is 0. The van der Waals surface area contributed by atoms with Crippen molar-refractivity contribution < 1.29 is 37.3 Å². The molecule has 53 heavy (non-hydrogen) atoms. The molecule has 0 aromatic carbocycles. The number of nitrogens with zero attached hydrogens (tertiary/aromatic N) is 1. The van der Waals surface area contributed by atoms with E-state index in [1.807, 2.05) is 21.1 Å². The number of ether oxygens (including phenoxy) is 2. The highest BCUT2D eigenvalue weighted by Gasteiger charge is 2.20. The molecule has 318 valence electrons. The summed E-state index contributed by atoms with van der Waals surface area (Å²) in [5.74, 6) is 0.223. The van der Waals surface area contributed by atoms with Gasteiger partial charge >= 0.3 is 5.97 Å². The number of carbonyl (C=O) groups is 1. The molecule has 0 aliphatic rings. The monoisotopic (exact) mass is 776 g/mol. The van der Waals surface area contributed by atoms with Crippen molar-refractivity contribution in [2.24, 2.45) is 5.92 Å². The molecule has 0 aliphatic carbocycles. The van der Waals surface area contributed by atoms with E-state index in [1.165, 1.54) is 161 Å². The normalized spacial score (nSPS) is 14.3. The zero-order valence-corrected chi connectivity index (χ0v) is 37.1. The number of likely N-dealkylation sites (N-methyl/N-ethyl adjacent to an activating group) is 1. The van der Waals surface area contributed by atoms with Gasteiger partial charge in [-0.15, -0.1) is 0 Å². The van der Waals surface area contributed by atoms with E-state index < -0.39 is 13.9 Å². The molecule has 0 aliphatic heterocycles. The molecular weight excluding hydrogens is 685 g/mol. The average Bonchev–Trinajstić information content (AvgIpc) is 3.10. The van der Waals surface area contributed by atoms with Gasteiger partial charge in [0.15, 0.2) is 0 Å². The van der Waals surface area contributed by atoms with Crippen LogP contribution in [0.3, 0.4) is 0 Å². The van der Waals surface area contributed by atoms with Gasteiger partial charge in [-0.25, -0.2) is 0 Å². The van der Waals surface area contributed by atoms with Gasteiger partial charge < -0.3 is 27.9 Å². The first-order valence-electron chi connectivity index (χ1n) is 22.7. The summed E-state index contributed by atoms with van der Waals surface area (Å²) in [5.41, 5.74) is 0. The van der Waals surface area contributed by atoms with Crippen LogP contribution in [0.1, 0.15) is 213 Å². The van der Waals surface area contributed by atoms with Gasteiger partial charge in [-0.1, -0.05) is 194 Å². The lowest BCUT2D eigenvalue weighted by Crippen LogP contribution is -2.37. The van der Waals surface area contributed by atoms with Crippen molar-refractivity contribution >= 4 is 13.8 Å². The molecule has 8 nitrogen and oxygen atoms in total. The molecule has 0 radical (unpaired) electrons. The number of esters is 1. The smallest absolute Gasteiger partial charge is 0.306 e. The summed E-state index contributed by atoms with van der Waals surface area (Å²) < 4.78 is 34.8. The average molecular weight is 776 g/mol. The van der Waals surface area contributed by atoms with Gasteiger partial charge in [0, 0.05) is 13.0 Å². The molecule has 0 bridgehead atoms. The lowest BCUT2D eigenvalue weighted by molar-refractivity contribution is -0.870. The Morgan fingerprint density at radius 2 is 0.981 bits per heavy atom. The van der Waals surface area contributed by atoms with Crippen LogP contribution in [-0.2, 0) is 27.9 Å². The molecule has 0 N–H and O–H groups in total. The van der Waals surface area contributed by atoms with Crippen LogP contribution in [0.15, 0.2) is 0 Å². The zero-order valence-electron chi connectivity index (χ0n) is 36.2. The number of unbranched alkanes of at least 4 members (excludes halogenated alkanes) is 25. The number of phosphoric ester groups is 1. The van der Waals surface area contributed by atoms with Gasteiger partial charge in [-0.3, -0.25) is 9.36 Å². The first-order valence-corrected chi connectivity index (χ1v) is 24.1. The standard InChI is InChI=1S/C44H90NO7P/c1-7-9-11-13-15-17-19-21-22-23-25-27-29-31-33-35-44(46)52-43(41-51-53(47,48)50-39-37-45(4,5)6)40-49-38-36-42(3)34-32-30-28-26-24-20-18-16-14-12-10-8-2/h42-43H,7-41H2,1-6H3/t42?,43-/m1/s1. The van der Waals surface area contributed by atoms with Crippen LogP contribution < -0.4 is 4.89 Å².